The molecule has 9 aromatic rings. The van der Waals surface area contributed by atoms with Crippen LogP contribution >= 0.6 is 0 Å². The van der Waals surface area contributed by atoms with Gasteiger partial charge in [0.1, 0.15) is 11.5 Å². The van der Waals surface area contributed by atoms with Gasteiger partial charge in [-0.05, 0) is 68.8 Å². The molecular formula is C65H61NO2. The second kappa shape index (κ2) is 18.0. The fraction of sp³-hybridized carbons (Fsp3) is 0.185. The van der Waals surface area contributed by atoms with Crippen LogP contribution in [0.4, 0.5) is 0 Å². The van der Waals surface area contributed by atoms with Gasteiger partial charge in [0.2, 0.25) is 0 Å². The van der Waals surface area contributed by atoms with E-state index in [1.807, 2.05) is 36.4 Å². The Bertz CT molecular complexity index is 3010. The van der Waals surface area contributed by atoms with Crippen LogP contribution in [0.1, 0.15) is 99.9 Å². The van der Waals surface area contributed by atoms with E-state index >= 15 is 0 Å². The lowest BCUT2D eigenvalue weighted by Crippen LogP contribution is -2.23. The van der Waals surface area contributed by atoms with Crippen LogP contribution in [0.5, 0.6) is 11.5 Å². The molecule has 0 atom stereocenters. The predicted molar refractivity (Wildman–Crippen MR) is 284 cm³/mol. The van der Waals surface area contributed by atoms with Crippen molar-refractivity contribution in [3.8, 4) is 56.3 Å². The maximum atomic E-state index is 12.7. The summed E-state index contributed by atoms with van der Waals surface area (Å²) in [6.45, 7) is 17.8. The van der Waals surface area contributed by atoms with E-state index in [-0.39, 0.29) is 22.3 Å². The molecule has 9 rings (SSSR count). The summed E-state index contributed by atoms with van der Waals surface area (Å²) in [5, 5.41) is 25.3. The summed E-state index contributed by atoms with van der Waals surface area (Å²) in [6.07, 6.45) is 0. The minimum atomic E-state index is -0.519. The Hall–Kier alpha value is -7.49. The zero-order chi connectivity index (χ0) is 47.8. The third-order valence-electron chi connectivity index (χ3n) is 14.7. The zero-order valence-electron chi connectivity index (χ0n) is 40.5. The molecule has 68 heavy (non-hydrogen) atoms. The van der Waals surface area contributed by atoms with Crippen LogP contribution < -0.4 is 0 Å². The van der Waals surface area contributed by atoms with Crippen LogP contribution in [-0.4, -0.2) is 15.2 Å². The molecule has 1 aromatic heterocycles. The standard InChI is InChI=1S/C65H61NO2/c1-62(2,44-26-13-9-14-27-44)48-40-54(60(67)56(42-48)64(5,6)46-30-17-11-18-31-46)50-34-21-23-36-52(50)58-38-25-39-59(66-58)53-37-24-22-35-51(53)55-41-49(63(3,4)45-28-15-10-16-29-45)43-57(61(55)68)65(7,8)47-32-19-12-20-33-47/h9-43,67-68H,1-8H3. The fourth-order valence-electron chi connectivity index (χ4n) is 10.0. The van der Waals surface area contributed by atoms with Gasteiger partial charge >= 0.3 is 0 Å². The van der Waals surface area contributed by atoms with Gasteiger partial charge in [-0.2, -0.15) is 0 Å². The molecule has 1 heterocycles. The quantitative estimate of drug-likeness (QED) is 0.128. The maximum Gasteiger partial charge on any atom is 0.127 e. The van der Waals surface area contributed by atoms with Gasteiger partial charge in [0.15, 0.2) is 0 Å². The van der Waals surface area contributed by atoms with E-state index in [1.165, 1.54) is 11.1 Å². The molecular weight excluding hydrogens is 827 g/mol. The summed E-state index contributed by atoms with van der Waals surface area (Å²) < 4.78 is 0. The van der Waals surface area contributed by atoms with Crippen LogP contribution in [0.15, 0.2) is 212 Å². The third-order valence-corrected chi connectivity index (χ3v) is 14.7. The highest BCUT2D eigenvalue weighted by atomic mass is 16.3. The highest BCUT2D eigenvalue weighted by molar-refractivity contribution is 5.89. The number of rotatable bonds is 12. The molecule has 0 fully saturated rings. The largest absolute Gasteiger partial charge is 0.507 e. The van der Waals surface area contributed by atoms with Crippen molar-refractivity contribution in [1.29, 1.82) is 0 Å². The van der Waals surface area contributed by atoms with Gasteiger partial charge in [-0.25, -0.2) is 4.98 Å². The lowest BCUT2D eigenvalue weighted by Gasteiger charge is -2.33. The van der Waals surface area contributed by atoms with Crippen LogP contribution in [0.2, 0.25) is 0 Å². The summed E-state index contributed by atoms with van der Waals surface area (Å²) in [5.74, 6) is 0.506. The van der Waals surface area contributed by atoms with Gasteiger partial charge in [0.25, 0.3) is 0 Å². The molecule has 0 spiro atoms. The number of phenols is 2. The number of aromatic hydroxyl groups is 2. The van der Waals surface area contributed by atoms with Crippen LogP contribution in [0, 0.1) is 0 Å². The predicted octanol–water partition coefficient (Wildman–Crippen LogP) is 16.5. The Morgan fingerprint density at radius 3 is 0.868 bits per heavy atom. The van der Waals surface area contributed by atoms with Crippen molar-refractivity contribution in [2.75, 3.05) is 0 Å². The Morgan fingerprint density at radius 1 is 0.265 bits per heavy atom. The monoisotopic (exact) mass is 887 g/mol. The fourth-order valence-corrected chi connectivity index (χ4v) is 10.0. The molecule has 8 aromatic carbocycles. The van der Waals surface area contributed by atoms with Crippen LogP contribution in [0.25, 0.3) is 44.8 Å². The number of nitrogens with zero attached hydrogens (tertiary/aromatic N) is 1. The van der Waals surface area contributed by atoms with Crippen molar-refractivity contribution >= 4 is 0 Å². The number of hydrogen-bond donors (Lipinski definition) is 2. The molecule has 0 aliphatic rings. The normalized spacial score (nSPS) is 12.2. The highest BCUT2D eigenvalue weighted by Crippen LogP contribution is 2.50. The van der Waals surface area contributed by atoms with Gasteiger partial charge in [-0.1, -0.05) is 243 Å². The Morgan fingerprint density at radius 2 is 0.544 bits per heavy atom. The van der Waals surface area contributed by atoms with E-state index in [4.69, 9.17) is 4.98 Å². The Balaban J connectivity index is 1.22. The lowest BCUT2D eigenvalue weighted by atomic mass is 9.71. The Labute approximate surface area is 403 Å². The van der Waals surface area contributed by atoms with Crippen LogP contribution in [0.3, 0.4) is 0 Å². The molecule has 0 radical (unpaired) electrons. The molecule has 0 saturated heterocycles. The van der Waals surface area contributed by atoms with Crippen molar-refractivity contribution in [1.82, 2.24) is 4.98 Å². The minimum absolute atomic E-state index is 0.253. The first kappa shape index (κ1) is 45.7. The average molecular weight is 888 g/mol. The van der Waals surface area contributed by atoms with E-state index in [0.29, 0.717) is 0 Å². The van der Waals surface area contributed by atoms with Gasteiger partial charge in [0, 0.05) is 55.0 Å². The highest BCUT2D eigenvalue weighted by Gasteiger charge is 2.35. The second-order valence-electron chi connectivity index (χ2n) is 20.3. The van der Waals surface area contributed by atoms with Gasteiger partial charge in [0.05, 0.1) is 11.4 Å². The summed E-state index contributed by atoms with van der Waals surface area (Å²) in [6, 6.07) is 73.5. The van der Waals surface area contributed by atoms with E-state index in [0.717, 1.165) is 78.1 Å². The SMILES string of the molecule is CC(C)(c1ccccc1)c1cc(-c2ccccc2-c2cccc(-c3ccccc3-c3cc(C(C)(C)c4ccccc4)cc(C(C)(C)c4ccccc4)c3O)n2)c(O)c(C(C)(C)c2ccccc2)c1. The van der Waals surface area contributed by atoms with Crippen molar-refractivity contribution in [2.24, 2.45) is 0 Å². The first-order valence-electron chi connectivity index (χ1n) is 23.7. The molecule has 0 amide bonds. The number of pyridine rings is 1. The molecule has 3 heteroatoms. The topological polar surface area (TPSA) is 53.4 Å². The molecule has 0 saturated carbocycles. The van der Waals surface area contributed by atoms with E-state index in [2.05, 4.69) is 231 Å². The molecule has 338 valence electrons. The van der Waals surface area contributed by atoms with Gasteiger partial charge in [-0.15, -0.1) is 0 Å². The molecule has 3 nitrogen and oxygen atoms in total. The number of aromatic nitrogens is 1. The number of phenolic OH excluding ortho intramolecular Hbond substituents is 2. The number of hydrogen-bond acceptors (Lipinski definition) is 3. The van der Waals surface area contributed by atoms with E-state index in [1.54, 1.807) is 0 Å². The van der Waals surface area contributed by atoms with Crippen molar-refractivity contribution in [3.05, 3.63) is 257 Å². The minimum Gasteiger partial charge on any atom is -0.507 e. The number of benzene rings is 8. The molecule has 2 N–H and O–H groups in total. The molecule has 0 bridgehead atoms. The smallest absolute Gasteiger partial charge is 0.127 e. The van der Waals surface area contributed by atoms with E-state index in [9.17, 15) is 10.2 Å². The maximum absolute atomic E-state index is 12.7. The summed E-state index contributed by atoms with van der Waals surface area (Å²) in [4.78, 5) is 5.46. The van der Waals surface area contributed by atoms with Gasteiger partial charge in [-0.3, -0.25) is 0 Å². The first-order valence-corrected chi connectivity index (χ1v) is 23.7. The summed E-state index contributed by atoms with van der Waals surface area (Å²) in [7, 11) is 0. The molecule has 0 aliphatic carbocycles. The average Bonchev–Trinajstić information content (AvgIpc) is 3.37. The molecule has 0 aliphatic heterocycles. The summed E-state index contributed by atoms with van der Waals surface area (Å²) >= 11 is 0. The molecule has 0 unspecified atom stereocenters. The van der Waals surface area contributed by atoms with Gasteiger partial charge < -0.3 is 10.2 Å². The lowest BCUT2D eigenvalue weighted by molar-refractivity contribution is 0.453. The summed E-state index contributed by atoms with van der Waals surface area (Å²) in [5.41, 5.74) is 13.4. The second-order valence-corrected chi connectivity index (χ2v) is 20.3. The zero-order valence-corrected chi connectivity index (χ0v) is 40.5. The Kier molecular flexibility index (Phi) is 12.1. The third kappa shape index (κ3) is 8.32. The van der Waals surface area contributed by atoms with Crippen molar-refractivity contribution in [3.63, 3.8) is 0 Å². The first-order chi connectivity index (χ1) is 32.6. The van der Waals surface area contributed by atoms with E-state index < -0.39 is 10.8 Å². The van der Waals surface area contributed by atoms with Crippen molar-refractivity contribution in [2.45, 2.75) is 77.0 Å². The van der Waals surface area contributed by atoms with Crippen molar-refractivity contribution < 1.29 is 10.2 Å². The van der Waals surface area contributed by atoms with Crippen LogP contribution in [-0.2, 0) is 21.7 Å².